The van der Waals surface area contributed by atoms with Crippen LogP contribution in [0, 0.1) is 5.92 Å². The molecule has 5 nitrogen and oxygen atoms in total. The zero-order valence-electron chi connectivity index (χ0n) is 11.9. The smallest absolute Gasteiger partial charge is 0.263 e. The Labute approximate surface area is 119 Å². The molecule has 1 fully saturated rings. The molecule has 0 saturated carbocycles. The van der Waals surface area contributed by atoms with Gasteiger partial charge in [0.25, 0.3) is 5.91 Å². The quantitative estimate of drug-likeness (QED) is 0.882. The number of benzene rings is 1. The maximum absolute atomic E-state index is 12.2. The molecule has 2 unspecified atom stereocenters. The van der Waals surface area contributed by atoms with E-state index in [1.54, 1.807) is 43.2 Å². The fraction of sp³-hybridized carbons (Fsp3) is 0.533. The summed E-state index contributed by atoms with van der Waals surface area (Å²) in [4.78, 5) is 14.0. The van der Waals surface area contributed by atoms with Gasteiger partial charge in [-0.1, -0.05) is 0 Å². The third-order valence-corrected chi connectivity index (χ3v) is 3.58. The lowest BCUT2D eigenvalue weighted by Gasteiger charge is -2.21. The number of hydrogen-bond donors (Lipinski definition) is 1. The van der Waals surface area contributed by atoms with E-state index in [0.29, 0.717) is 18.8 Å². The SMILES string of the molecule is COc1ccc(OC(C)C(=O)N2CCC(CO)C2)cc1. The number of likely N-dealkylation sites (tertiary alicyclic amines) is 1. The van der Waals surface area contributed by atoms with Crippen molar-refractivity contribution in [2.75, 3.05) is 26.8 Å². The van der Waals surface area contributed by atoms with Crippen LogP contribution in [0.15, 0.2) is 24.3 Å². The lowest BCUT2D eigenvalue weighted by Crippen LogP contribution is -2.39. The first-order valence-electron chi connectivity index (χ1n) is 6.84. The molecule has 1 saturated heterocycles. The second-order valence-corrected chi connectivity index (χ2v) is 5.06. The number of hydrogen-bond acceptors (Lipinski definition) is 4. The molecular formula is C15H21NO4. The third kappa shape index (κ3) is 3.42. The first kappa shape index (κ1) is 14.7. The molecule has 0 aliphatic carbocycles. The first-order chi connectivity index (χ1) is 9.63. The fourth-order valence-corrected chi connectivity index (χ4v) is 2.35. The monoisotopic (exact) mass is 279 g/mol. The van der Waals surface area contributed by atoms with Gasteiger partial charge in [0, 0.05) is 25.6 Å². The highest BCUT2D eigenvalue weighted by Crippen LogP contribution is 2.20. The van der Waals surface area contributed by atoms with Crippen molar-refractivity contribution in [3.63, 3.8) is 0 Å². The summed E-state index contributed by atoms with van der Waals surface area (Å²) in [6.07, 6.45) is 0.332. The highest BCUT2D eigenvalue weighted by molar-refractivity contribution is 5.81. The molecule has 1 aliphatic rings. The Hall–Kier alpha value is -1.75. The second-order valence-electron chi connectivity index (χ2n) is 5.06. The number of ether oxygens (including phenoxy) is 2. The van der Waals surface area contributed by atoms with Gasteiger partial charge in [0.2, 0.25) is 0 Å². The van der Waals surface area contributed by atoms with Gasteiger partial charge in [-0.25, -0.2) is 0 Å². The topological polar surface area (TPSA) is 59.0 Å². The molecule has 1 aromatic rings. The van der Waals surface area contributed by atoms with Crippen molar-refractivity contribution in [3.05, 3.63) is 24.3 Å². The van der Waals surface area contributed by atoms with Crippen LogP contribution in [-0.2, 0) is 4.79 Å². The Kier molecular flexibility index (Phi) is 4.84. The van der Waals surface area contributed by atoms with Crippen LogP contribution in [0.1, 0.15) is 13.3 Å². The maximum atomic E-state index is 12.2. The first-order valence-corrected chi connectivity index (χ1v) is 6.84. The Morgan fingerprint density at radius 1 is 1.40 bits per heavy atom. The van der Waals surface area contributed by atoms with Gasteiger partial charge in [-0.3, -0.25) is 4.79 Å². The van der Waals surface area contributed by atoms with Crippen molar-refractivity contribution in [1.29, 1.82) is 0 Å². The van der Waals surface area contributed by atoms with Crippen molar-refractivity contribution < 1.29 is 19.4 Å². The van der Waals surface area contributed by atoms with Gasteiger partial charge in [0.15, 0.2) is 6.10 Å². The Morgan fingerprint density at radius 3 is 2.60 bits per heavy atom. The van der Waals surface area contributed by atoms with Crippen LogP contribution in [0.3, 0.4) is 0 Å². The van der Waals surface area contributed by atoms with Crippen LogP contribution in [0.25, 0.3) is 0 Å². The summed E-state index contributed by atoms with van der Waals surface area (Å²) in [6.45, 7) is 3.20. The summed E-state index contributed by atoms with van der Waals surface area (Å²) in [6, 6.07) is 7.15. The molecule has 2 rings (SSSR count). The van der Waals surface area contributed by atoms with Crippen molar-refractivity contribution in [3.8, 4) is 11.5 Å². The van der Waals surface area contributed by atoms with Gasteiger partial charge in [-0.2, -0.15) is 0 Å². The number of carbonyl (C=O) groups excluding carboxylic acids is 1. The van der Waals surface area contributed by atoms with Gasteiger partial charge in [-0.15, -0.1) is 0 Å². The average molecular weight is 279 g/mol. The molecule has 0 bridgehead atoms. The molecule has 20 heavy (non-hydrogen) atoms. The molecule has 0 aromatic heterocycles. The van der Waals surface area contributed by atoms with Gasteiger partial charge in [-0.05, 0) is 37.6 Å². The number of methoxy groups -OCH3 is 1. The van der Waals surface area contributed by atoms with Crippen molar-refractivity contribution in [2.24, 2.45) is 5.92 Å². The van der Waals surface area contributed by atoms with E-state index in [4.69, 9.17) is 14.6 Å². The molecule has 0 radical (unpaired) electrons. The molecular weight excluding hydrogens is 258 g/mol. The summed E-state index contributed by atoms with van der Waals surface area (Å²) in [5.74, 6) is 1.56. The zero-order chi connectivity index (χ0) is 14.5. The normalized spacial score (nSPS) is 19.8. The maximum Gasteiger partial charge on any atom is 0.263 e. The van der Waals surface area contributed by atoms with Crippen LogP contribution in [0.5, 0.6) is 11.5 Å². The van der Waals surface area contributed by atoms with Crippen LogP contribution in [0.4, 0.5) is 0 Å². The second kappa shape index (κ2) is 6.61. The highest BCUT2D eigenvalue weighted by atomic mass is 16.5. The molecule has 5 heteroatoms. The number of rotatable bonds is 5. The lowest BCUT2D eigenvalue weighted by molar-refractivity contribution is -0.137. The van der Waals surface area contributed by atoms with E-state index in [2.05, 4.69) is 0 Å². The molecule has 110 valence electrons. The minimum Gasteiger partial charge on any atom is -0.497 e. The van der Waals surface area contributed by atoms with Gasteiger partial charge in [0.05, 0.1) is 7.11 Å². The van der Waals surface area contributed by atoms with Crippen molar-refractivity contribution in [2.45, 2.75) is 19.4 Å². The van der Waals surface area contributed by atoms with Crippen LogP contribution in [-0.4, -0.2) is 48.8 Å². The van der Waals surface area contributed by atoms with Crippen LogP contribution in [0.2, 0.25) is 0 Å². The van der Waals surface area contributed by atoms with E-state index < -0.39 is 6.10 Å². The summed E-state index contributed by atoms with van der Waals surface area (Å²) in [5, 5.41) is 9.11. The average Bonchev–Trinajstić information content (AvgIpc) is 2.96. The predicted octanol–water partition coefficient (Wildman–Crippen LogP) is 1.30. The van der Waals surface area contributed by atoms with E-state index in [1.165, 1.54) is 0 Å². The molecule has 1 heterocycles. The summed E-state index contributed by atoms with van der Waals surface area (Å²) in [5.41, 5.74) is 0. The highest BCUT2D eigenvalue weighted by Gasteiger charge is 2.29. The number of carbonyl (C=O) groups is 1. The Balaban J connectivity index is 1.90. The van der Waals surface area contributed by atoms with E-state index in [-0.39, 0.29) is 18.4 Å². The zero-order valence-corrected chi connectivity index (χ0v) is 11.9. The Bertz CT molecular complexity index is 446. The van der Waals surface area contributed by atoms with Gasteiger partial charge >= 0.3 is 0 Å². The van der Waals surface area contributed by atoms with Crippen LogP contribution >= 0.6 is 0 Å². The van der Waals surface area contributed by atoms with E-state index in [1.807, 2.05) is 0 Å². The van der Waals surface area contributed by atoms with Crippen LogP contribution < -0.4 is 9.47 Å². The van der Waals surface area contributed by atoms with Gasteiger partial charge < -0.3 is 19.5 Å². The molecule has 1 amide bonds. The Morgan fingerprint density at radius 2 is 2.05 bits per heavy atom. The van der Waals surface area contributed by atoms with Crippen molar-refractivity contribution in [1.82, 2.24) is 4.90 Å². The minimum absolute atomic E-state index is 0.0308. The van der Waals surface area contributed by atoms with E-state index >= 15 is 0 Å². The standard InChI is InChI=1S/C15H21NO4/c1-11(15(18)16-8-7-12(9-16)10-17)20-14-5-3-13(19-2)4-6-14/h3-6,11-12,17H,7-10H2,1-2H3. The third-order valence-electron chi connectivity index (χ3n) is 3.58. The van der Waals surface area contributed by atoms with Gasteiger partial charge in [0.1, 0.15) is 11.5 Å². The molecule has 1 N–H and O–H groups in total. The van der Waals surface area contributed by atoms with Crippen molar-refractivity contribution >= 4 is 5.91 Å². The number of amides is 1. The number of aliphatic hydroxyl groups excluding tert-OH is 1. The lowest BCUT2D eigenvalue weighted by atomic mass is 10.1. The number of aliphatic hydroxyl groups is 1. The summed E-state index contributed by atoms with van der Waals surface area (Å²) >= 11 is 0. The number of nitrogens with zero attached hydrogens (tertiary/aromatic N) is 1. The van der Waals surface area contributed by atoms with E-state index in [9.17, 15) is 4.79 Å². The summed E-state index contributed by atoms with van der Waals surface area (Å²) < 4.78 is 10.7. The molecule has 0 spiro atoms. The minimum atomic E-state index is -0.527. The molecule has 2 atom stereocenters. The molecule has 1 aromatic carbocycles. The summed E-state index contributed by atoms with van der Waals surface area (Å²) in [7, 11) is 1.60. The molecule has 1 aliphatic heterocycles. The largest absolute Gasteiger partial charge is 0.497 e. The van der Waals surface area contributed by atoms with E-state index in [0.717, 1.165) is 12.2 Å². The fourth-order valence-electron chi connectivity index (χ4n) is 2.35. The predicted molar refractivity (Wildman–Crippen MR) is 74.9 cm³/mol.